The minimum atomic E-state index is -0.277. The zero-order valence-electron chi connectivity index (χ0n) is 17.9. The molecule has 1 saturated heterocycles. The fourth-order valence-corrected chi connectivity index (χ4v) is 3.71. The maximum Gasteiger partial charge on any atom is 0.225 e. The minimum Gasteiger partial charge on any atom is -0.493 e. The molecule has 2 aromatic rings. The molecule has 30 heavy (non-hydrogen) atoms. The molecule has 0 radical (unpaired) electrons. The van der Waals surface area contributed by atoms with Crippen molar-refractivity contribution in [3.63, 3.8) is 0 Å². The molecule has 1 aliphatic rings. The van der Waals surface area contributed by atoms with Crippen LogP contribution in [0.25, 0.3) is 0 Å². The number of ether oxygens (including phenoxy) is 2. The monoisotopic (exact) mass is 414 g/mol. The van der Waals surface area contributed by atoms with Crippen molar-refractivity contribution in [3.05, 3.63) is 41.7 Å². The summed E-state index contributed by atoms with van der Waals surface area (Å²) in [5.74, 6) is 1.07. The van der Waals surface area contributed by atoms with E-state index in [1.54, 1.807) is 23.8 Å². The predicted octanol–water partition coefficient (Wildman–Crippen LogP) is 1.58. The lowest BCUT2D eigenvalue weighted by molar-refractivity contribution is -0.129. The number of likely N-dealkylation sites (tertiary alicyclic amines) is 1. The van der Waals surface area contributed by atoms with Crippen molar-refractivity contribution < 1.29 is 19.1 Å². The van der Waals surface area contributed by atoms with Crippen molar-refractivity contribution in [2.24, 2.45) is 13.0 Å². The van der Waals surface area contributed by atoms with Crippen LogP contribution in [0.5, 0.6) is 11.5 Å². The van der Waals surface area contributed by atoms with E-state index in [0.717, 1.165) is 24.0 Å². The van der Waals surface area contributed by atoms with E-state index in [1.807, 2.05) is 37.6 Å². The molecule has 8 heteroatoms. The molecule has 0 saturated carbocycles. The van der Waals surface area contributed by atoms with Crippen molar-refractivity contribution in [2.45, 2.75) is 25.7 Å². The van der Waals surface area contributed by atoms with Gasteiger partial charge >= 0.3 is 0 Å². The smallest absolute Gasteiger partial charge is 0.225 e. The predicted molar refractivity (Wildman–Crippen MR) is 112 cm³/mol. The number of amides is 2. The van der Waals surface area contributed by atoms with Crippen LogP contribution in [0, 0.1) is 5.92 Å². The number of nitrogens with one attached hydrogen (secondary N) is 1. The Kier molecular flexibility index (Phi) is 7.32. The fourth-order valence-electron chi connectivity index (χ4n) is 3.71. The van der Waals surface area contributed by atoms with Crippen molar-refractivity contribution in [1.82, 2.24) is 20.0 Å². The van der Waals surface area contributed by atoms with Gasteiger partial charge in [-0.25, -0.2) is 0 Å². The first kappa shape index (κ1) is 21.7. The first-order valence-corrected chi connectivity index (χ1v) is 10.2. The van der Waals surface area contributed by atoms with Crippen LogP contribution in [0.1, 0.15) is 24.0 Å². The summed E-state index contributed by atoms with van der Waals surface area (Å²) < 4.78 is 12.4. The summed E-state index contributed by atoms with van der Waals surface area (Å²) in [4.78, 5) is 26.6. The molecule has 8 nitrogen and oxygen atoms in total. The van der Waals surface area contributed by atoms with E-state index in [-0.39, 0.29) is 24.2 Å². The normalized spacial score (nSPS) is 16.0. The maximum atomic E-state index is 12.4. The van der Waals surface area contributed by atoms with Crippen LogP contribution < -0.4 is 14.8 Å². The van der Waals surface area contributed by atoms with Crippen molar-refractivity contribution >= 4 is 11.8 Å². The third-order valence-corrected chi connectivity index (χ3v) is 5.40. The number of carbonyl (C=O) groups is 2. The van der Waals surface area contributed by atoms with E-state index in [9.17, 15) is 9.59 Å². The average Bonchev–Trinajstić information content (AvgIpc) is 3.34. The van der Waals surface area contributed by atoms with Gasteiger partial charge < -0.3 is 19.7 Å². The van der Waals surface area contributed by atoms with Crippen molar-refractivity contribution in [3.8, 4) is 11.5 Å². The molecule has 0 bridgehead atoms. The largest absolute Gasteiger partial charge is 0.493 e. The minimum absolute atomic E-state index is 0.0333. The summed E-state index contributed by atoms with van der Waals surface area (Å²) in [6.07, 6.45) is 6.52. The Morgan fingerprint density at radius 2 is 2.00 bits per heavy atom. The summed E-state index contributed by atoms with van der Waals surface area (Å²) in [6, 6.07) is 5.75. The van der Waals surface area contributed by atoms with Crippen LogP contribution in [-0.2, 0) is 29.5 Å². The molecule has 1 atom stereocenters. The zero-order valence-corrected chi connectivity index (χ0v) is 17.9. The lowest BCUT2D eigenvalue weighted by Crippen LogP contribution is -2.34. The van der Waals surface area contributed by atoms with Gasteiger partial charge in [0.05, 0.1) is 26.3 Å². The van der Waals surface area contributed by atoms with Crippen LogP contribution >= 0.6 is 0 Å². The van der Waals surface area contributed by atoms with Crippen LogP contribution in [-0.4, -0.2) is 60.3 Å². The highest BCUT2D eigenvalue weighted by atomic mass is 16.5. The number of aromatic nitrogens is 2. The summed E-state index contributed by atoms with van der Waals surface area (Å²) >= 11 is 0. The molecular weight excluding hydrogens is 384 g/mol. The van der Waals surface area contributed by atoms with E-state index in [4.69, 9.17) is 9.47 Å². The Bertz CT molecular complexity index is 880. The summed E-state index contributed by atoms with van der Waals surface area (Å²) in [7, 11) is 5.09. The topological polar surface area (TPSA) is 85.7 Å². The van der Waals surface area contributed by atoms with E-state index in [0.29, 0.717) is 37.6 Å². The van der Waals surface area contributed by atoms with Crippen LogP contribution in [0.4, 0.5) is 0 Å². The van der Waals surface area contributed by atoms with E-state index in [2.05, 4.69) is 10.4 Å². The van der Waals surface area contributed by atoms with Gasteiger partial charge in [-0.1, -0.05) is 6.07 Å². The Balaban J connectivity index is 1.42. The first-order valence-electron chi connectivity index (χ1n) is 10.2. The molecule has 3 rings (SSSR count). The van der Waals surface area contributed by atoms with Gasteiger partial charge in [0.25, 0.3) is 0 Å². The molecule has 1 fully saturated rings. The third kappa shape index (κ3) is 5.52. The van der Waals surface area contributed by atoms with Gasteiger partial charge in [0, 0.05) is 39.3 Å². The summed E-state index contributed by atoms with van der Waals surface area (Å²) in [5.41, 5.74) is 2.22. The Labute approximate surface area is 177 Å². The lowest BCUT2D eigenvalue weighted by atomic mass is 10.1. The van der Waals surface area contributed by atoms with E-state index >= 15 is 0 Å². The number of nitrogens with zero attached hydrogens (tertiary/aromatic N) is 3. The highest BCUT2D eigenvalue weighted by Crippen LogP contribution is 2.28. The van der Waals surface area contributed by atoms with Gasteiger partial charge in [0.2, 0.25) is 11.8 Å². The first-order chi connectivity index (χ1) is 14.5. The molecule has 1 N–H and O–H groups in total. The Morgan fingerprint density at radius 1 is 1.20 bits per heavy atom. The number of benzene rings is 1. The summed E-state index contributed by atoms with van der Waals surface area (Å²) in [6.45, 7) is 1.66. The molecule has 2 amide bonds. The standard InChI is InChI=1S/C22H30N4O4/c1-25-14-17(13-24-25)5-4-9-23-22(28)18-12-21(27)26(15-18)10-8-16-6-7-19(29-2)20(11-16)30-3/h6-7,11,13-14,18H,4-5,8-10,12,15H2,1-3H3,(H,23,28). The number of hydrogen-bond donors (Lipinski definition) is 1. The third-order valence-electron chi connectivity index (χ3n) is 5.40. The van der Waals surface area contributed by atoms with Crippen molar-refractivity contribution in [1.29, 1.82) is 0 Å². The quantitative estimate of drug-likeness (QED) is 0.597. The SMILES string of the molecule is COc1ccc(CCN2CC(C(=O)NCCCc3cnn(C)c3)CC2=O)cc1OC. The number of rotatable bonds is 10. The Hall–Kier alpha value is -3.03. The second kappa shape index (κ2) is 10.1. The maximum absolute atomic E-state index is 12.4. The molecule has 162 valence electrons. The molecule has 1 aromatic heterocycles. The van der Waals surface area contributed by atoms with Gasteiger partial charge in [-0.3, -0.25) is 14.3 Å². The van der Waals surface area contributed by atoms with E-state index in [1.165, 1.54) is 0 Å². The van der Waals surface area contributed by atoms with E-state index < -0.39 is 0 Å². The van der Waals surface area contributed by atoms with Gasteiger partial charge in [-0.15, -0.1) is 0 Å². The second-order valence-electron chi connectivity index (χ2n) is 7.60. The van der Waals surface area contributed by atoms with Gasteiger partial charge in [0.1, 0.15) is 0 Å². The van der Waals surface area contributed by atoms with Crippen LogP contribution in [0.2, 0.25) is 0 Å². The average molecular weight is 415 g/mol. The summed E-state index contributed by atoms with van der Waals surface area (Å²) in [5, 5.41) is 7.11. The van der Waals surface area contributed by atoms with Crippen LogP contribution in [0.3, 0.4) is 0 Å². The highest BCUT2D eigenvalue weighted by Gasteiger charge is 2.33. The van der Waals surface area contributed by atoms with Crippen LogP contribution in [0.15, 0.2) is 30.6 Å². The highest BCUT2D eigenvalue weighted by molar-refractivity contribution is 5.89. The number of carbonyl (C=O) groups excluding carboxylic acids is 2. The molecule has 0 spiro atoms. The molecule has 0 aliphatic carbocycles. The molecule has 1 aromatic carbocycles. The second-order valence-corrected chi connectivity index (χ2v) is 7.60. The molecular formula is C22H30N4O4. The number of aryl methyl sites for hydroxylation is 2. The van der Waals surface area contributed by atoms with Gasteiger partial charge in [-0.05, 0) is 42.5 Å². The number of hydrogen-bond acceptors (Lipinski definition) is 5. The van der Waals surface area contributed by atoms with Crippen molar-refractivity contribution in [2.75, 3.05) is 33.9 Å². The zero-order chi connectivity index (χ0) is 21.5. The fraction of sp³-hybridized carbons (Fsp3) is 0.500. The Morgan fingerprint density at radius 3 is 2.70 bits per heavy atom. The lowest BCUT2D eigenvalue weighted by Gasteiger charge is -2.17. The molecule has 1 aliphatic heterocycles. The van der Waals surface area contributed by atoms with Gasteiger partial charge in [-0.2, -0.15) is 5.10 Å². The number of methoxy groups -OCH3 is 2. The molecule has 2 heterocycles. The van der Waals surface area contributed by atoms with Gasteiger partial charge in [0.15, 0.2) is 11.5 Å². The molecule has 1 unspecified atom stereocenters.